The molecule has 2 aromatic carbocycles. The monoisotopic (exact) mass is 386 g/mol. The molecule has 0 saturated heterocycles. The maximum Gasteiger partial charge on any atom is 0.183 e. The highest BCUT2D eigenvalue weighted by atomic mass is 35.5. The number of hydrogen-bond donors (Lipinski definition) is 2. The number of halogens is 3. The summed E-state index contributed by atoms with van der Waals surface area (Å²) in [5.41, 5.74) is 1.06. The molecule has 134 valence electrons. The average molecular weight is 387 g/mol. The van der Waals surface area contributed by atoms with Crippen molar-refractivity contribution >= 4 is 34.0 Å². The van der Waals surface area contributed by atoms with E-state index in [1.807, 2.05) is 6.92 Å². The molecule has 3 rings (SSSR count). The van der Waals surface area contributed by atoms with Crippen LogP contribution in [0.3, 0.4) is 0 Å². The fourth-order valence-corrected chi connectivity index (χ4v) is 3.26. The van der Waals surface area contributed by atoms with Gasteiger partial charge in [0.2, 0.25) is 0 Å². The summed E-state index contributed by atoms with van der Waals surface area (Å²) in [6, 6.07) is 7.28. The first kappa shape index (κ1) is 18.3. The van der Waals surface area contributed by atoms with Gasteiger partial charge in [0, 0.05) is 0 Å². The summed E-state index contributed by atoms with van der Waals surface area (Å²) >= 11 is 6.13. The van der Waals surface area contributed by atoms with Crippen molar-refractivity contribution in [3.05, 3.63) is 52.6 Å². The van der Waals surface area contributed by atoms with E-state index in [1.165, 1.54) is 6.07 Å². The van der Waals surface area contributed by atoms with E-state index in [0.717, 1.165) is 24.5 Å². The summed E-state index contributed by atoms with van der Waals surface area (Å²) in [4.78, 5) is 7.58. The Bertz CT molecular complexity index is 815. The minimum Gasteiger partial charge on any atom is -0.351 e. The molecule has 0 aliphatic heterocycles. The molecule has 1 aliphatic rings. The van der Waals surface area contributed by atoms with Gasteiger partial charge >= 0.3 is 0 Å². The molecule has 25 heavy (non-hydrogen) atoms. The highest BCUT2D eigenvalue weighted by molar-refractivity contribution is 7.83. The van der Waals surface area contributed by atoms with Crippen LogP contribution in [-0.4, -0.2) is 10.8 Å². The Balaban J connectivity index is 1.85. The molecular weight excluding hydrogens is 370 g/mol. The van der Waals surface area contributed by atoms with E-state index in [9.17, 15) is 13.0 Å². The van der Waals surface area contributed by atoms with Gasteiger partial charge in [0.25, 0.3) is 0 Å². The molecule has 0 bridgehead atoms. The van der Waals surface area contributed by atoms with Gasteiger partial charge in [-0.3, -0.25) is 4.84 Å². The lowest BCUT2D eigenvalue weighted by molar-refractivity contribution is 0.0882. The first-order valence-corrected chi connectivity index (χ1v) is 9.29. The fraction of sp³-hybridized carbons (Fsp3) is 0.294. The van der Waals surface area contributed by atoms with Crippen LogP contribution in [0, 0.1) is 24.5 Å². The van der Waals surface area contributed by atoms with Crippen LogP contribution in [0.25, 0.3) is 0 Å². The zero-order chi connectivity index (χ0) is 18.0. The molecule has 8 heteroatoms. The third-order valence-electron chi connectivity index (χ3n) is 3.79. The lowest BCUT2D eigenvalue weighted by Crippen LogP contribution is -2.20. The summed E-state index contributed by atoms with van der Waals surface area (Å²) in [5, 5.41) is 3.08. The van der Waals surface area contributed by atoms with Crippen molar-refractivity contribution in [2.24, 2.45) is 5.92 Å². The number of anilines is 2. The lowest BCUT2D eigenvalue weighted by atomic mass is 10.2. The van der Waals surface area contributed by atoms with Gasteiger partial charge in [-0.25, -0.2) is 13.0 Å². The third kappa shape index (κ3) is 4.55. The summed E-state index contributed by atoms with van der Waals surface area (Å²) in [6.07, 6.45) is 2.16. The zero-order valence-corrected chi connectivity index (χ0v) is 15.0. The van der Waals surface area contributed by atoms with E-state index in [1.54, 1.807) is 18.2 Å². The van der Waals surface area contributed by atoms with Crippen molar-refractivity contribution in [2.45, 2.75) is 24.7 Å². The van der Waals surface area contributed by atoms with Crippen LogP contribution in [0.1, 0.15) is 18.4 Å². The molecule has 0 spiro atoms. The second kappa shape index (κ2) is 7.78. The van der Waals surface area contributed by atoms with Crippen LogP contribution in [0.5, 0.6) is 0 Å². The molecule has 1 fully saturated rings. The van der Waals surface area contributed by atoms with E-state index >= 15 is 0 Å². The molecule has 0 amide bonds. The van der Waals surface area contributed by atoms with E-state index in [-0.39, 0.29) is 10.6 Å². The molecule has 0 aromatic heterocycles. The largest absolute Gasteiger partial charge is 0.351 e. The number of benzene rings is 2. The minimum absolute atomic E-state index is 0.0336. The Morgan fingerprint density at radius 2 is 2.04 bits per heavy atom. The first-order chi connectivity index (χ1) is 12.0. The zero-order valence-electron chi connectivity index (χ0n) is 13.4. The van der Waals surface area contributed by atoms with Crippen LogP contribution in [0.15, 0.2) is 35.2 Å². The normalized spacial score (nSPS) is 15.2. The molecule has 2 aromatic rings. The van der Waals surface area contributed by atoms with Gasteiger partial charge in [0.1, 0.15) is 0 Å². The van der Waals surface area contributed by atoms with Crippen molar-refractivity contribution < 1.29 is 17.8 Å². The molecule has 0 radical (unpaired) electrons. The fourth-order valence-electron chi connectivity index (χ4n) is 2.19. The lowest BCUT2D eigenvalue weighted by Gasteiger charge is -2.15. The third-order valence-corrected chi connectivity index (χ3v) is 5.11. The standard InChI is InChI=1S/C17H17ClF2N2O2S/c1-10-2-6-14(12(18)8-10)21-17-15(7-5-13(19)16(17)20)25(23)22-24-9-11-3-4-11/h2,5-8,11,21-22H,3-4,9H2,1H3. The molecule has 1 unspecified atom stereocenters. The topological polar surface area (TPSA) is 50.4 Å². The Labute approximate surface area is 152 Å². The maximum atomic E-state index is 14.3. The van der Waals surface area contributed by atoms with Crippen LogP contribution in [0.4, 0.5) is 20.2 Å². The van der Waals surface area contributed by atoms with Crippen molar-refractivity contribution in [3.63, 3.8) is 0 Å². The number of nitrogens with one attached hydrogen (secondary N) is 2. The highest BCUT2D eigenvalue weighted by Gasteiger charge is 2.23. The number of rotatable bonds is 7. The molecule has 1 saturated carbocycles. The van der Waals surface area contributed by atoms with Crippen molar-refractivity contribution in [1.82, 2.24) is 4.89 Å². The Morgan fingerprint density at radius 1 is 1.28 bits per heavy atom. The first-order valence-electron chi connectivity index (χ1n) is 7.76. The van der Waals surface area contributed by atoms with Gasteiger partial charge in [0.15, 0.2) is 22.6 Å². The van der Waals surface area contributed by atoms with Gasteiger partial charge in [0.05, 0.1) is 27.9 Å². The smallest absolute Gasteiger partial charge is 0.183 e. The van der Waals surface area contributed by atoms with E-state index in [0.29, 0.717) is 23.2 Å². The maximum absolute atomic E-state index is 14.3. The minimum atomic E-state index is -1.87. The van der Waals surface area contributed by atoms with E-state index in [4.69, 9.17) is 16.4 Å². The molecule has 1 aliphatic carbocycles. The number of hydrogen-bond acceptors (Lipinski definition) is 3. The van der Waals surface area contributed by atoms with Crippen molar-refractivity contribution in [2.75, 3.05) is 11.9 Å². The predicted molar refractivity (Wildman–Crippen MR) is 94.0 cm³/mol. The Morgan fingerprint density at radius 3 is 2.72 bits per heavy atom. The molecule has 0 heterocycles. The summed E-state index contributed by atoms with van der Waals surface area (Å²) in [5.74, 6) is -1.71. The van der Waals surface area contributed by atoms with Gasteiger partial charge in [-0.05, 0) is 55.5 Å². The van der Waals surface area contributed by atoms with Gasteiger partial charge < -0.3 is 5.32 Å². The second-order valence-corrected chi connectivity index (χ2v) is 7.50. The quantitative estimate of drug-likeness (QED) is 0.682. The predicted octanol–water partition coefficient (Wildman–Crippen LogP) is 4.62. The molecular formula is C17H17ClF2N2O2S. The highest BCUT2D eigenvalue weighted by Crippen LogP contribution is 2.32. The summed E-state index contributed by atoms with van der Waals surface area (Å²) in [6.45, 7) is 2.29. The molecule has 1 atom stereocenters. The Hall–Kier alpha value is -1.54. The van der Waals surface area contributed by atoms with E-state index < -0.39 is 22.6 Å². The van der Waals surface area contributed by atoms with Gasteiger partial charge in [-0.1, -0.05) is 17.7 Å². The summed E-state index contributed by atoms with van der Waals surface area (Å²) < 4.78 is 40.3. The summed E-state index contributed by atoms with van der Waals surface area (Å²) in [7, 11) is -1.87. The Kier molecular flexibility index (Phi) is 5.68. The second-order valence-electron chi connectivity index (χ2n) is 5.95. The van der Waals surface area contributed by atoms with Gasteiger partial charge in [-0.2, -0.15) is 0 Å². The van der Waals surface area contributed by atoms with Crippen LogP contribution in [-0.2, 0) is 15.8 Å². The SMILES string of the molecule is Cc1ccc(Nc2c(S(=O)NOCC3CC3)ccc(F)c2F)c(Cl)c1. The number of aryl methyl sites for hydroxylation is 1. The van der Waals surface area contributed by atoms with Crippen molar-refractivity contribution in [3.8, 4) is 0 Å². The van der Waals surface area contributed by atoms with E-state index in [2.05, 4.69) is 10.2 Å². The molecule has 4 nitrogen and oxygen atoms in total. The van der Waals surface area contributed by atoms with Gasteiger partial charge in [-0.15, -0.1) is 4.89 Å². The molecule has 2 N–H and O–H groups in total. The van der Waals surface area contributed by atoms with Crippen molar-refractivity contribution in [1.29, 1.82) is 0 Å². The van der Waals surface area contributed by atoms with Crippen LogP contribution >= 0.6 is 11.6 Å². The van der Waals surface area contributed by atoms with Crippen LogP contribution < -0.4 is 10.2 Å². The van der Waals surface area contributed by atoms with Crippen LogP contribution in [0.2, 0.25) is 5.02 Å². The average Bonchev–Trinajstić information content (AvgIpc) is 3.38.